The molecular formula is C12H17F3N2. The van der Waals surface area contributed by atoms with Gasteiger partial charge >= 0.3 is 6.18 Å². The molecule has 0 unspecified atom stereocenters. The smallest absolute Gasteiger partial charge is 0.385 e. The van der Waals surface area contributed by atoms with E-state index in [2.05, 4.69) is 5.32 Å². The molecule has 0 fully saturated rings. The van der Waals surface area contributed by atoms with Crippen molar-refractivity contribution in [3.05, 3.63) is 30.3 Å². The average Bonchev–Trinajstić information content (AvgIpc) is 2.23. The Bertz CT molecular complexity index is 311. The summed E-state index contributed by atoms with van der Waals surface area (Å²) in [7, 11) is 1.48. The number of para-hydroxylation sites is 1. The third-order valence-corrected chi connectivity index (χ3v) is 2.27. The predicted molar refractivity (Wildman–Crippen MR) is 63.1 cm³/mol. The quantitative estimate of drug-likeness (QED) is 0.776. The van der Waals surface area contributed by atoms with Gasteiger partial charge in [-0.25, -0.2) is 0 Å². The van der Waals surface area contributed by atoms with Gasteiger partial charge in [-0.3, -0.25) is 4.90 Å². The highest BCUT2D eigenvalue weighted by molar-refractivity contribution is 5.42. The first-order valence-corrected chi connectivity index (χ1v) is 5.51. The molecular weight excluding hydrogens is 229 g/mol. The van der Waals surface area contributed by atoms with Gasteiger partial charge in [0.15, 0.2) is 0 Å². The van der Waals surface area contributed by atoms with E-state index in [-0.39, 0.29) is 0 Å². The highest BCUT2D eigenvalue weighted by Gasteiger charge is 2.28. The Morgan fingerprint density at radius 2 is 1.82 bits per heavy atom. The molecule has 1 aromatic carbocycles. The fourth-order valence-electron chi connectivity index (χ4n) is 1.52. The summed E-state index contributed by atoms with van der Waals surface area (Å²) in [5, 5.41) is 3.15. The maximum Gasteiger partial charge on any atom is 0.401 e. The summed E-state index contributed by atoms with van der Waals surface area (Å²) in [6.45, 7) is 0.254. The topological polar surface area (TPSA) is 15.3 Å². The van der Waals surface area contributed by atoms with E-state index in [0.29, 0.717) is 19.5 Å². The first kappa shape index (κ1) is 13.8. The van der Waals surface area contributed by atoms with Crippen LogP contribution >= 0.6 is 0 Å². The first-order chi connectivity index (χ1) is 7.97. The molecule has 5 heteroatoms. The third kappa shape index (κ3) is 6.84. The molecule has 1 aromatic rings. The van der Waals surface area contributed by atoms with Gasteiger partial charge in [-0.05, 0) is 32.1 Å². The van der Waals surface area contributed by atoms with Crippen LogP contribution in [0.3, 0.4) is 0 Å². The highest BCUT2D eigenvalue weighted by Crippen LogP contribution is 2.15. The van der Waals surface area contributed by atoms with Crippen molar-refractivity contribution in [3.8, 4) is 0 Å². The van der Waals surface area contributed by atoms with Crippen molar-refractivity contribution >= 4 is 5.69 Å². The molecule has 0 amide bonds. The molecule has 0 aliphatic heterocycles. The third-order valence-electron chi connectivity index (χ3n) is 2.27. The van der Waals surface area contributed by atoms with Crippen molar-refractivity contribution in [2.24, 2.45) is 0 Å². The number of rotatable bonds is 6. The molecule has 2 nitrogen and oxygen atoms in total. The van der Waals surface area contributed by atoms with Crippen LogP contribution in [-0.4, -0.2) is 37.8 Å². The van der Waals surface area contributed by atoms with Crippen molar-refractivity contribution in [1.29, 1.82) is 0 Å². The minimum atomic E-state index is -4.11. The summed E-state index contributed by atoms with van der Waals surface area (Å²) in [5.74, 6) is 0. The summed E-state index contributed by atoms with van der Waals surface area (Å²) in [5.41, 5.74) is 0.992. The molecule has 0 spiro atoms. The van der Waals surface area contributed by atoms with Gasteiger partial charge in [0.25, 0.3) is 0 Å². The van der Waals surface area contributed by atoms with Gasteiger partial charge in [-0.2, -0.15) is 13.2 Å². The molecule has 0 radical (unpaired) electrons. The zero-order valence-corrected chi connectivity index (χ0v) is 9.80. The van der Waals surface area contributed by atoms with E-state index < -0.39 is 12.7 Å². The molecule has 1 N–H and O–H groups in total. The minimum Gasteiger partial charge on any atom is -0.385 e. The number of halogens is 3. The zero-order valence-electron chi connectivity index (χ0n) is 9.80. The molecule has 0 aliphatic rings. The summed E-state index contributed by atoms with van der Waals surface area (Å²) >= 11 is 0. The standard InChI is InChI=1S/C12H17F3N2/c1-17(10-12(13,14)15)9-5-8-16-11-6-3-2-4-7-11/h2-4,6-7,16H,5,8-10H2,1H3. The maximum absolute atomic E-state index is 12.0. The van der Waals surface area contributed by atoms with Crippen molar-refractivity contribution in [1.82, 2.24) is 4.90 Å². The second kappa shape index (κ2) is 6.49. The molecule has 0 heterocycles. The van der Waals surface area contributed by atoms with Crippen LogP contribution in [0.15, 0.2) is 30.3 Å². The van der Waals surface area contributed by atoms with Gasteiger partial charge in [0, 0.05) is 12.2 Å². The van der Waals surface area contributed by atoms with E-state index in [4.69, 9.17) is 0 Å². The van der Waals surface area contributed by atoms with E-state index in [1.54, 1.807) is 0 Å². The van der Waals surface area contributed by atoms with Crippen LogP contribution in [0.1, 0.15) is 6.42 Å². The monoisotopic (exact) mass is 246 g/mol. The van der Waals surface area contributed by atoms with Crippen molar-refractivity contribution in [2.45, 2.75) is 12.6 Å². The van der Waals surface area contributed by atoms with E-state index in [0.717, 1.165) is 5.69 Å². The van der Waals surface area contributed by atoms with Gasteiger partial charge < -0.3 is 5.32 Å². The Hall–Kier alpha value is -1.23. The fourth-order valence-corrected chi connectivity index (χ4v) is 1.52. The van der Waals surface area contributed by atoms with Gasteiger partial charge in [-0.1, -0.05) is 18.2 Å². The Morgan fingerprint density at radius 3 is 2.41 bits per heavy atom. The summed E-state index contributed by atoms with van der Waals surface area (Å²) in [6.07, 6.45) is -3.43. The minimum absolute atomic E-state index is 0.430. The lowest BCUT2D eigenvalue weighted by molar-refractivity contribution is -0.142. The second-order valence-electron chi connectivity index (χ2n) is 4.00. The normalized spacial score (nSPS) is 11.8. The molecule has 17 heavy (non-hydrogen) atoms. The number of nitrogens with one attached hydrogen (secondary N) is 1. The summed E-state index contributed by atoms with van der Waals surface area (Å²) in [6, 6.07) is 9.61. The lowest BCUT2D eigenvalue weighted by Crippen LogP contribution is -2.32. The van der Waals surface area contributed by atoms with Crippen LogP contribution in [0.25, 0.3) is 0 Å². The number of alkyl halides is 3. The van der Waals surface area contributed by atoms with Crippen LogP contribution in [0.5, 0.6) is 0 Å². The lowest BCUT2D eigenvalue weighted by atomic mass is 10.3. The molecule has 0 saturated carbocycles. The van der Waals surface area contributed by atoms with Crippen LogP contribution in [0, 0.1) is 0 Å². The van der Waals surface area contributed by atoms with E-state index >= 15 is 0 Å². The maximum atomic E-state index is 12.0. The van der Waals surface area contributed by atoms with Gasteiger partial charge in [0.1, 0.15) is 0 Å². The van der Waals surface area contributed by atoms with E-state index in [1.165, 1.54) is 11.9 Å². The van der Waals surface area contributed by atoms with Crippen LogP contribution in [0.2, 0.25) is 0 Å². The molecule has 0 atom stereocenters. The summed E-state index contributed by atoms with van der Waals surface area (Å²) < 4.78 is 36.1. The highest BCUT2D eigenvalue weighted by atomic mass is 19.4. The number of hydrogen-bond acceptors (Lipinski definition) is 2. The Labute approximate surface area is 99.4 Å². The van der Waals surface area contributed by atoms with Gasteiger partial charge in [-0.15, -0.1) is 0 Å². The van der Waals surface area contributed by atoms with Crippen molar-refractivity contribution in [2.75, 3.05) is 32.0 Å². The Morgan fingerprint density at radius 1 is 1.18 bits per heavy atom. The lowest BCUT2D eigenvalue weighted by Gasteiger charge is -2.18. The van der Waals surface area contributed by atoms with Crippen LogP contribution < -0.4 is 5.32 Å². The Kier molecular flexibility index (Phi) is 5.28. The molecule has 0 saturated heterocycles. The molecule has 0 aromatic heterocycles. The van der Waals surface area contributed by atoms with E-state index in [1.807, 2.05) is 30.3 Å². The number of benzene rings is 1. The Balaban J connectivity index is 2.12. The fraction of sp³-hybridized carbons (Fsp3) is 0.500. The number of hydrogen-bond donors (Lipinski definition) is 1. The zero-order chi connectivity index (χ0) is 12.7. The summed E-state index contributed by atoms with van der Waals surface area (Å²) in [4.78, 5) is 1.28. The van der Waals surface area contributed by atoms with Crippen molar-refractivity contribution in [3.63, 3.8) is 0 Å². The van der Waals surface area contributed by atoms with E-state index in [9.17, 15) is 13.2 Å². The predicted octanol–water partition coefficient (Wildman–Crippen LogP) is 2.98. The average molecular weight is 246 g/mol. The number of anilines is 1. The van der Waals surface area contributed by atoms with Crippen LogP contribution in [0.4, 0.5) is 18.9 Å². The van der Waals surface area contributed by atoms with Gasteiger partial charge in [0.2, 0.25) is 0 Å². The number of nitrogens with zero attached hydrogens (tertiary/aromatic N) is 1. The second-order valence-corrected chi connectivity index (χ2v) is 4.00. The largest absolute Gasteiger partial charge is 0.401 e. The molecule has 0 bridgehead atoms. The van der Waals surface area contributed by atoms with Crippen LogP contribution in [-0.2, 0) is 0 Å². The molecule has 1 rings (SSSR count). The van der Waals surface area contributed by atoms with Crippen molar-refractivity contribution < 1.29 is 13.2 Å². The SMILES string of the molecule is CN(CCCNc1ccccc1)CC(F)(F)F. The van der Waals surface area contributed by atoms with Gasteiger partial charge in [0.05, 0.1) is 6.54 Å². The molecule has 0 aliphatic carbocycles. The molecule has 96 valence electrons. The first-order valence-electron chi connectivity index (χ1n) is 5.51.